The van der Waals surface area contributed by atoms with E-state index < -0.39 is 5.60 Å². The Morgan fingerprint density at radius 3 is 2.47 bits per heavy atom. The van der Waals surface area contributed by atoms with Crippen LogP contribution in [0.25, 0.3) is 0 Å². The van der Waals surface area contributed by atoms with E-state index >= 15 is 0 Å². The number of amides is 1. The van der Waals surface area contributed by atoms with E-state index in [1.807, 2.05) is 13.8 Å². The van der Waals surface area contributed by atoms with Gasteiger partial charge in [0.05, 0.1) is 5.60 Å². The third kappa shape index (κ3) is 4.64. The van der Waals surface area contributed by atoms with E-state index in [4.69, 9.17) is 23.2 Å². The SMILES string of the molecule is CCC(C)C(C)(O)CNC(=O)c1cc(Cl)nc(Cl)c1. The van der Waals surface area contributed by atoms with Gasteiger partial charge in [-0.25, -0.2) is 4.98 Å². The standard InChI is InChI=1S/C13H18Cl2N2O2/c1-4-8(2)13(3,19)7-16-12(18)9-5-10(14)17-11(15)6-9/h5-6,8,19H,4,7H2,1-3H3,(H,16,18). The Labute approximate surface area is 123 Å². The molecule has 2 atom stereocenters. The number of aromatic nitrogens is 1. The highest BCUT2D eigenvalue weighted by Crippen LogP contribution is 2.19. The highest BCUT2D eigenvalue weighted by atomic mass is 35.5. The van der Waals surface area contributed by atoms with Gasteiger partial charge in [0, 0.05) is 12.1 Å². The van der Waals surface area contributed by atoms with Crippen LogP contribution < -0.4 is 5.32 Å². The maximum Gasteiger partial charge on any atom is 0.251 e. The van der Waals surface area contributed by atoms with Crippen molar-refractivity contribution in [2.45, 2.75) is 32.8 Å². The summed E-state index contributed by atoms with van der Waals surface area (Å²) in [5.41, 5.74) is -0.629. The predicted molar refractivity (Wildman–Crippen MR) is 76.7 cm³/mol. The van der Waals surface area contributed by atoms with Gasteiger partial charge in [-0.2, -0.15) is 0 Å². The first-order valence-electron chi connectivity index (χ1n) is 6.10. The van der Waals surface area contributed by atoms with Crippen molar-refractivity contribution < 1.29 is 9.90 Å². The van der Waals surface area contributed by atoms with Crippen LogP contribution >= 0.6 is 23.2 Å². The fourth-order valence-corrected chi connectivity index (χ4v) is 2.03. The van der Waals surface area contributed by atoms with E-state index in [9.17, 15) is 9.90 Å². The highest BCUT2D eigenvalue weighted by molar-refractivity contribution is 6.33. The lowest BCUT2D eigenvalue weighted by molar-refractivity contribution is 0.00593. The van der Waals surface area contributed by atoms with E-state index in [0.717, 1.165) is 6.42 Å². The molecule has 0 aliphatic heterocycles. The molecule has 1 amide bonds. The summed E-state index contributed by atoms with van der Waals surface area (Å²) in [7, 11) is 0. The van der Waals surface area contributed by atoms with Crippen LogP contribution in [0.2, 0.25) is 10.3 Å². The molecule has 0 saturated heterocycles. The third-order valence-electron chi connectivity index (χ3n) is 3.31. The topological polar surface area (TPSA) is 62.2 Å². The van der Waals surface area contributed by atoms with Crippen LogP contribution in [0.1, 0.15) is 37.6 Å². The van der Waals surface area contributed by atoms with Crippen molar-refractivity contribution >= 4 is 29.1 Å². The number of hydrogen-bond acceptors (Lipinski definition) is 3. The molecule has 2 unspecified atom stereocenters. The molecule has 1 aromatic heterocycles. The fourth-order valence-electron chi connectivity index (χ4n) is 1.57. The minimum atomic E-state index is -0.953. The quantitative estimate of drug-likeness (QED) is 0.822. The molecule has 0 aliphatic carbocycles. The number of hydrogen-bond donors (Lipinski definition) is 2. The van der Waals surface area contributed by atoms with Crippen molar-refractivity contribution in [2.24, 2.45) is 5.92 Å². The van der Waals surface area contributed by atoms with Crippen molar-refractivity contribution in [3.8, 4) is 0 Å². The van der Waals surface area contributed by atoms with Crippen molar-refractivity contribution in [2.75, 3.05) is 6.54 Å². The monoisotopic (exact) mass is 304 g/mol. The summed E-state index contributed by atoms with van der Waals surface area (Å²) in [6.07, 6.45) is 0.829. The number of carbonyl (C=O) groups is 1. The minimum absolute atomic E-state index is 0.0809. The first kappa shape index (κ1) is 16.2. The van der Waals surface area contributed by atoms with Gasteiger partial charge in [-0.1, -0.05) is 43.5 Å². The fraction of sp³-hybridized carbons (Fsp3) is 0.538. The predicted octanol–water partition coefficient (Wildman–Crippen LogP) is 2.92. The lowest BCUT2D eigenvalue weighted by atomic mass is 9.88. The molecular formula is C13H18Cl2N2O2. The van der Waals surface area contributed by atoms with Crippen LogP contribution in [0.15, 0.2) is 12.1 Å². The van der Waals surface area contributed by atoms with Crippen LogP contribution in [0.5, 0.6) is 0 Å². The number of pyridine rings is 1. The van der Waals surface area contributed by atoms with Crippen LogP contribution in [-0.4, -0.2) is 28.1 Å². The van der Waals surface area contributed by atoms with Gasteiger partial charge < -0.3 is 10.4 Å². The van der Waals surface area contributed by atoms with Crippen LogP contribution in [0.3, 0.4) is 0 Å². The average molecular weight is 305 g/mol. The molecule has 0 aromatic carbocycles. The maximum atomic E-state index is 11.9. The molecule has 1 rings (SSSR count). The van der Waals surface area contributed by atoms with E-state index in [2.05, 4.69) is 10.3 Å². The van der Waals surface area contributed by atoms with Gasteiger partial charge in [0.15, 0.2) is 0 Å². The zero-order valence-electron chi connectivity index (χ0n) is 11.2. The number of carbonyl (C=O) groups excluding carboxylic acids is 1. The Morgan fingerprint density at radius 1 is 1.47 bits per heavy atom. The first-order valence-corrected chi connectivity index (χ1v) is 6.85. The highest BCUT2D eigenvalue weighted by Gasteiger charge is 2.27. The number of halogens is 2. The second-order valence-electron chi connectivity index (χ2n) is 4.85. The molecule has 4 nitrogen and oxygen atoms in total. The van der Waals surface area contributed by atoms with Crippen LogP contribution in [0.4, 0.5) is 0 Å². The Hall–Kier alpha value is -0.840. The van der Waals surface area contributed by atoms with Gasteiger partial charge in [-0.3, -0.25) is 4.79 Å². The van der Waals surface area contributed by atoms with E-state index in [0.29, 0.717) is 5.56 Å². The van der Waals surface area contributed by atoms with Gasteiger partial charge in [0.2, 0.25) is 0 Å². The van der Waals surface area contributed by atoms with Gasteiger partial charge >= 0.3 is 0 Å². The van der Waals surface area contributed by atoms with E-state index in [1.165, 1.54) is 12.1 Å². The van der Waals surface area contributed by atoms with Crippen molar-refractivity contribution in [1.82, 2.24) is 10.3 Å². The second kappa shape index (κ2) is 6.55. The number of aliphatic hydroxyl groups is 1. The Balaban J connectivity index is 2.70. The second-order valence-corrected chi connectivity index (χ2v) is 5.62. The number of rotatable bonds is 5. The molecule has 1 aromatic rings. The molecule has 0 fully saturated rings. The molecule has 6 heteroatoms. The molecule has 106 valence electrons. The average Bonchev–Trinajstić information content (AvgIpc) is 2.33. The molecule has 0 bridgehead atoms. The molecular weight excluding hydrogens is 287 g/mol. The molecule has 1 heterocycles. The normalized spacial score (nSPS) is 15.7. The van der Waals surface area contributed by atoms with E-state index in [-0.39, 0.29) is 28.7 Å². The minimum Gasteiger partial charge on any atom is -0.388 e. The molecule has 0 spiro atoms. The largest absolute Gasteiger partial charge is 0.388 e. The van der Waals surface area contributed by atoms with Gasteiger partial charge in [-0.15, -0.1) is 0 Å². The summed E-state index contributed by atoms with van der Waals surface area (Å²) in [5.74, 6) is -0.257. The summed E-state index contributed by atoms with van der Waals surface area (Å²) in [4.78, 5) is 15.7. The molecule has 0 saturated carbocycles. The lowest BCUT2D eigenvalue weighted by Crippen LogP contribution is -2.45. The summed E-state index contributed by atoms with van der Waals surface area (Å²) in [6.45, 7) is 5.79. The van der Waals surface area contributed by atoms with Crippen molar-refractivity contribution in [1.29, 1.82) is 0 Å². The first-order chi connectivity index (χ1) is 8.76. The summed E-state index contributed by atoms with van der Waals surface area (Å²) >= 11 is 11.5. The molecule has 0 aliphatic rings. The lowest BCUT2D eigenvalue weighted by Gasteiger charge is -2.29. The Bertz CT molecular complexity index is 444. The Morgan fingerprint density at radius 2 is 2.00 bits per heavy atom. The molecule has 2 N–H and O–H groups in total. The summed E-state index contributed by atoms with van der Waals surface area (Å²) < 4.78 is 0. The number of nitrogens with zero attached hydrogens (tertiary/aromatic N) is 1. The van der Waals surface area contributed by atoms with Gasteiger partial charge in [0.25, 0.3) is 5.91 Å². The number of nitrogens with one attached hydrogen (secondary N) is 1. The van der Waals surface area contributed by atoms with Crippen LogP contribution in [-0.2, 0) is 0 Å². The van der Waals surface area contributed by atoms with Crippen LogP contribution in [0, 0.1) is 5.92 Å². The van der Waals surface area contributed by atoms with E-state index in [1.54, 1.807) is 6.92 Å². The van der Waals surface area contributed by atoms with Gasteiger partial charge in [0.1, 0.15) is 10.3 Å². The zero-order valence-corrected chi connectivity index (χ0v) is 12.7. The Kier molecular flexibility index (Phi) is 5.59. The van der Waals surface area contributed by atoms with Crippen molar-refractivity contribution in [3.05, 3.63) is 28.0 Å². The summed E-state index contributed by atoms with van der Waals surface area (Å²) in [5, 5.41) is 13.2. The molecule has 0 radical (unpaired) electrons. The third-order valence-corrected chi connectivity index (χ3v) is 3.69. The van der Waals surface area contributed by atoms with Crippen molar-refractivity contribution in [3.63, 3.8) is 0 Å². The smallest absolute Gasteiger partial charge is 0.251 e. The van der Waals surface area contributed by atoms with Gasteiger partial charge in [-0.05, 0) is 25.0 Å². The maximum absolute atomic E-state index is 11.9. The summed E-state index contributed by atoms with van der Waals surface area (Å²) in [6, 6.07) is 2.86. The zero-order chi connectivity index (χ0) is 14.6. The molecule has 19 heavy (non-hydrogen) atoms.